The largest absolute Gasteiger partial charge is 0.339 e. The van der Waals surface area contributed by atoms with Gasteiger partial charge in [0.2, 0.25) is 5.91 Å². The summed E-state index contributed by atoms with van der Waals surface area (Å²) in [6.45, 7) is 2.64. The lowest BCUT2D eigenvalue weighted by Crippen LogP contribution is -2.50. The molecule has 150 valence electrons. The molecule has 1 saturated heterocycles. The van der Waals surface area contributed by atoms with E-state index in [0.29, 0.717) is 49.5 Å². The quantitative estimate of drug-likeness (QED) is 0.590. The number of piperazine rings is 1. The highest BCUT2D eigenvalue weighted by atomic mass is 16.2. The Hall–Kier alpha value is -3.53. The number of carbonyl (C=O) groups excluding carboxylic acids is 1. The van der Waals surface area contributed by atoms with Gasteiger partial charge in [0.15, 0.2) is 0 Å². The number of nitrogens with zero attached hydrogens (tertiary/aromatic N) is 4. The number of nitrogens with one attached hydrogen (secondary N) is 2. The van der Waals surface area contributed by atoms with Gasteiger partial charge in [-0.3, -0.25) is 28.8 Å². The van der Waals surface area contributed by atoms with E-state index < -0.39 is 11.2 Å². The molecule has 2 aromatic heterocycles. The fraction of sp³-hybridized carbons (Fsp3) is 0.316. The van der Waals surface area contributed by atoms with E-state index in [9.17, 15) is 19.2 Å². The highest BCUT2D eigenvalue weighted by molar-refractivity contribution is 5.77. The van der Waals surface area contributed by atoms with Gasteiger partial charge in [0.25, 0.3) is 11.1 Å². The second-order valence-corrected chi connectivity index (χ2v) is 6.92. The van der Waals surface area contributed by atoms with Crippen molar-refractivity contribution < 1.29 is 4.79 Å². The third kappa shape index (κ3) is 4.16. The van der Waals surface area contributed by atoms with Crippen LogP contribution < -0.4 is 16.8 Å². The number of aromatic amines is 2. The van der Waals surface area contributed by atoms with Gasteiger partial charge in [0.1, 0.15) is 12.4 Å². The third-order valence-electron chi connectivity index (χ3n) is 4.96. The molecule has 0 unspecified atom stereocenters. The molecule has 1 amide bonds. The molecule has 1 aromatic carbocycles. The van der Waals surface area contributed by atoms with Crippen LogP contribution in [0.5, 0.6) is 0 Å². The van der Waals surface area contributed by atoms with Gasteiger partial charge in [-0.1, -0.05) is 12.1 Å². The number of para-hydroxylation sites is 1. The SMILES string of the molecule is O=C(Cn1ccc(=O)[nH]c1=O)N1CCN(Cc2nc3ccccc3c(=O)[nH]2)CC1. The molecule has 0 atom stereocenters. The predicted molar refractivity (Wildman–Crippen MR) is 106 cm³/mol. The summed E-state index contributed by atoms with van der Waals surface area (Å²) < 4.78 is 1.18. The Morgan fingerprint density at radius 1 is 1.00 bits per heavy atom. The first-order valence-corrected chi connectivity index (χ1v) is 9.27. The molecule has 1 aliphatic rings. The van der Waals surface area contributed by atoms with Crippen LogP contribution in [-0.2, 0) is 17.9 Å². The van der Waals surface area contributed by atoms with Crippen LogP contribution in [0, 0.1) is 0 Å². The Kier molecular flexibility index (Phi) is 5.09. The number of hydrogen-bond donors (Lipinski definition) is 2. The van der Waals surface area contributed by atoms with E-state index in [4.69, 9.17) is 0 Å². The summed E-state index contributed by atoms with van der Waals surface area (Å²) in [6.07, 6.45) is 1.32. The van der Waals surface area contributed by atoms with E-state index in [1.54, 1.807) is 17.0 Å². The standard InChI is InChI=1S/C19H20N6O4/c26-16-5-6-25(19(29)22-16)12-17(27)24-9-7-23(8-10-24)11-15-20-14-4-2-1-3-13(14)18(28)21-15/h1-6H,7-12H2,(H,20,21,28)(H,22,26,29). The van der Waals surface area contributed by atoms with Crippen LogP contribution in [0.4, 0.5) is 0 Å². The van der Waals surface area contributed by atoms with Gasteiger partial charge in [-0.15, -0.1) is 0 Å². The van der Waals surface area contributed by atoms with Gasteiger partial charge in [-0.25, -0.2) is 9.78 Å². The van der Waals surface area contributed by atoms with Crippen molar-refractivity contribution in [3.63, 3.8) is 0 Å². The minimum absolute atomic E-state index is 0.116. The predicted octanol–water partition coefficient (Wildman–Crippen LogP) is -0.882. The molecular formula is C19H20N6O4. The molecule has 0 bridgehead atoms. The second kappa shape index (κ2) is 7.84. The molecule has 0 saturated carbocycles. The third-order valence-corrected chi connectivity index (χ3v) is 4.96. The molecule has 3 heterocycles. The van der Waals surface area contributed by atoms with Crippen LogP contribution in [0.25, 0.3) is 10.9 Å². The van der Waals surface area contributed by atoms with Crippen LogP contribution in [-0.4, -0.2) is 61.4 Å². The molecular weight excluding hydrogens is 376 g/mol. The Labute approximate surface area is 164 Å². The van der Waals surface area contributed by atoms with Gasteiger partial charge in [-0.2, -0.15) is 0 Å². The van der Waals surface area contributed by atoms with Crippen molar-refractivity contribution in [2.24, 2.45) is 0 Å². The lowest BCUT2D eigenvalue weighted by molar-refractivity contribution is -0.133. The minimum Gasteiger partial charge on any atom is -0.339 e. The second-order valence-electron chi connectivity index (χ2n) is 6.92. The molecule has 0 radical (unpaired) electrons. The van der Waals surface area contributed by atoms with E-state index in [0.717, 1.165) is 0 Å². The maximum Gasteiger partial charge on any atom is 0.328 e. The zero-order valence-corrected chi connectivity index (χ0v) is 15.6. The van der Waals surface area contributed by atoms with Crippen LogP contribution in [0.15, 0.2) is 50.9 Å². The van der Waals surface area contributed by atoms with Crippen molar-refractivity contribution in [2.45, 2.75) is 13.1 Å². The number of rotatable bonds is 4. The molecule has 0 spiro atoms. The van der Waals surface area contributed by atoms with Crippen molar-refractivity contribution in [3.05, 3.63) is 73.5 Å². The van der Waals surface area contributed by atoms with Crippen molar-refractivity contribution >= 4 is 16.8 Å². The number of hydrogen-bond acceptors (Lipinski definition) is 6. The van der Waals surface area contributed by atoms with Crippen LogP contribution in [0.1, 0.15) is 5.82 Å². The topological polar surface area (TPSA) is 124 Å². The number of aromatic nitrogens is 4. The average molecular weight is 396 g/mol. The fourth-order valence-corrected chi connectivity index (χ4v) is 3.39. The summed E-state index contributed by atoms with van der Waals surface area (Å²) in [6, 6.07) is 8.41. The van der Waals surface area contributed by atoms with E-state index in [1.807, 2.05) is 12.1 Å². The Balaban J connectivity index is 1.37. The summed E-state index contributed by atoms with van der Waals surface area (Å²) in [5.41, 5.74) is -0.597. The number of amides is 1. The summed E-state index contributed by atoms with van der Waals surface area (Å²) in [7, 11) is 0. The van der Waals surface area contributed by atoms with Gasteiger partial charge >= 0.3 is 5.69 Å². The summed E-state index contributed by atoms with van der Waals surface area (Å²) in [5.74, 6) is 0.407. The Morgan fingerprint density at radius 2 is 1.76 bits per heavy atom. The Morgan fingerprint density at radius 3 is 2.52 bits per heavy atom. The maximum absolute atomic E-state index is 12.5. The molecule has 10 nitrogen and oxygen atoms in total. The van der Waals surface area contributed by atoms with Crippen molar-refractivity contribution in [1.29, 1.82) is 0 Å². The molecule has 1 fully saturated rings. The molecule has 3 aromatic rings. The van der Waals surface area contributed by atoms with E-state index >= 15 is 0 Å². The van der Waals surface area contributed by atoms with E-state index in [-0.39, 0.29) is 18.0 Å². The number of benzene rings is 1. The fourth-order valence-electron chi connectivity index (χ4n) is 3.39. The van der Waals surface area contributed by atoms with Crippen molar-refractivity contribution in [2.75, 3.05) is 26.2 Å². The van der Waals surface area contributed by atoms with Crippen LogP contribution in [0.3, 0.4) is 0 Å². The molecule has 0 aliphatic carbocycles. The highest BCUT2D eigenvalue weighted by Gasteiger charge is 2.22. The van der Waals surface area contributed by atoms with Crippen molar-refractivity contribution in [3.8, 4) is 0 Å². The Bertz CT molecular complexity index is 1220. The van der Waals surface area contributed by atoms with Gasteiger partial charge in [0.05, 0.1) is 17.4 Å². The first kappa shape index (κ1) is 18.8. The lowest BCUT2D eigenvalue weighted by Gasteiger charge is -2.34. The normalized spacial score (nSPS) is 15.0. The number of carbonyl (C=O) groups is 1. The number of H-pyrrole nitrogens is 2. The van der Waals surface area contributed by atoms with Gasteiger partial charge < -0.3 is 9.88 Å². The first-order chi connectivity index (χ1) is 14.0. The molecule has 2 N–H and O–H groups in total. The van der Waals surface area contributed by atoms with Crippen LogP contribution in [0.2, 0.25) is 0 Å². The molecule has 4 rings (SSSR count). The zero-order valence-electron chi connectivity index (χ0n) is 15.6. The summed E-state index contributed by atoms with van der Waals surface area (Å²) in [5, 5.41) is 0.559. The monoisotopic (exact) mass is 396 g/mol. The minimum atomic E-state index is -0.601. The average Bonchev–Trinajstić information content (AvgIpc) is 2.71. The van der Waals surface area contributed by atoms with E-state index in [1.165, 1.54) is 16.8 Å². The summed E-state index contributed by atoms with van der Waals surface area (Å²) in [4.78, 5) is 60.7. The lowest BCUT2D eigenvalue weighted by atomic mass is 10.2. The maximum atomic E-state index is 12.5. The molecule has 1 aliphatic heterocycles. The zero-order chi connectivity index (χ0) is 20.4. The smallest absolute Gasteiger partial charge is 0.328 e. The van der Waals surface area contributed by atoms with Crippen LogP contribution >= 0.6 is 0 Å². The molecule has 29 heavy (non-hydrogen) atoms. The first-order valence-electron chi connectivity index (χ1n) is 9.27. The number of fused-ring (bicyclic) bond motifs is 1. The summed E-state index contributed by atoms with van der Waals surface area (Å²) >= 11 is 0. The van der Waals surface area contributed by atoms with Gasteiger partial charge in [-0.05, 0) is 12.1 Å². The molecule has 10 heteroatoms. The van der Waals surface area contributed by atoms with E-state index in [2.05, 4.69) is 19.9 Å². The van der Waals surface area contributed by atoms with Crippen molar-refractivity contribution in [1.82, 2.24) is 29.3 Å². The highest BCUT2D eigenvalue weighted by Crippen LogP contribution is 2.09. The van der Waals surface area contributed by atoms with Gasteiger partial charge in [0, 0.05) is 38.4 Å².